The Morgan fingerprint density at radius 2 is 2.00 bits per heavy atom. The predicted octanol–water partition coefficient (Wildman–Crippen LogP) is 4.06. The Hall–Kier alpha value is -2.66. The SMILES string of the molecule is Cc1ccnc(N(Cc2ccccc2)C(=S)NCc2ccco2)c1. The molecule has 0 unspecified atom stereocenters. The fourth-order valence-electron chi connectivity index (χ4n) is 2.36. The Morgan fingerprint density at radius 1 is 1.17 bits per heavy atom. The van der Waals surface area contributed by atoms with Gasteiger partial charge in [0.15, 0.2) is 5.11 Å². The number of hydrogen-bond donors (Lipinski definition) is 1. The Labute approximate surface area is 147 Å². The molecular weight excluding hydrogens is 318 g/mol. The summed E-state index contributed by atoms with van der Waals surface area (Å²) in [7, 11) is 0. The Kier molecular flexibility index (Phi) is 5.23. The third-order valence-corrected chi connectivity index (χ3v) is 3.96. The normalized spacial score (nSPS) is 10.4. The summed E-state index contributed by atoms with van der Waals surface area (Å²) in [5, 5.41) is 3.87. The standard InChI is InChI=1S/C19H19N3OS/c1-15-9-10-20-18(12-15)22(14-16-6-3-2-4-7-16)19(24)21-13-17-8-5-11-23-17/h2-12H,13-14H2,1H3,(H,21,24). The van der Waals surface area contributed by atoms with Crippen LogP contribution in [-0.2, 0) is 13.1 Å². The second kappa shape index (κ2) is 7.75. The molecule has 0 bridgehead atoms. The second-order valence-electron chi connectivity index (χ2n) is 5.50. The van der Waals surface area contributed by atoms with E-state index in [1.165, 1.54) is 5.56 Å². The summed E-state index contributed by atoms with van der Waals surface area (Å²) in [5.74, 6) is 1.67. The van der Waals surface area contributed by atoms with Crippen molar-refractivity contribution in [2.75, 3.05) is 4.90 Å². The molecule has 0 aliphatic rings. The number of rotatable bonds is 5. The van der Waals surface area contributed by atoms with Crippen LogP contribution in [0.1, 0.15) is 16.9 Å². The van der Waals surface area contributed by atoms with Crippen molar-refractivity contribution >= 4 is 23.1 Å². The van der Waals surface area contributed by atoms with Gasteiger partial charge in [-0.15, -0.1) is 0 Å². The van der Waals surface area contributed by atoms with E-state index in [1.54, 1.807) is 12.5 Å². The molecule has 0 fully saturated rings. The number of benzene rings is 1. The quantitative estimate of drug-likeness (QED) is 0.711. The van der Waals surface area contributed by atoms with Gasteiger partial charge in [-0.1, -0.05) is 30.3 Å². The summed E-state index contributed by atoms with van der Waals surface area (Å²) in [6, 6.07) is 18.0. The van der Waals surface area contributed by atoms with Crippen molar-refractivity contribution in [1.82, 2.24) is 10.3 Å². The van der Waals surface area contributed by atoms with Crippen LogP contribution in [0.5, 0.6) is 0 Å². The number of aromatic nitrogens is 1. The van der Waals surface area contributed by atoms with E-state index in [2.05, 4.69) is 22.4 Å². The molecule has 0 spiro atoms. The smallest absolute Gasteiger partial charge is 0.175 e. The van der Waals surface area contributed by atoms with Gasteiger partial charge >= 0.3 is 0 Å². The van der Waals surface area contributed by atoms with Crippen molar-refractivity contribution in [2.24, 2.45) is 0 Å². The number of aryl methyl sites for hydroxylation is 1. The average molecular weight is 337 g/mol. The van der Waals surface area contributed by atoms with Gasteiger partial charge in [0.25, 0.3) is 0 Å². The maximum absolute atomic E-state index is 5.61. The molecule has 0 radical (unpaired) electrons. The van der Waals surface area contributed by atoms with Gasteiger partial charge < -0.3 is 9.73 Å². The molecule has 0 saturated carbocycles. The molecule has 0 aliphatic heterocycles. The number of nitrogens with one attached hydrogen (secondary N) is 1. The first-order chi connectivity index (χ1) is 11.7. The molecule has 0 saturated heterocycles. The molecule has 2 heterocycles. The summed E-state index contributed by atoms with van der Waals surface area (Å²) in [5.41, 5.74) is 2.31. The number of nitrogens with zero attached hydrogens (tertiary/aromatic N) is 2. The molecule has 5 heteroatoms. The van der Waals surface area contributed by atoms with Crippen molar-refractivity contribution in [3.63, 3.8) is 0 Å². The molecule has 122 valence electrons. The van der Waals surface area contributed by atoms with Gasteiger partial charge in [0.05, 0.1) is 19.4 Å². The minimum atomic E-state index is 0.545. The van der Waals surface area contributed by atoms with E-state index in [-0.39, 0.29) is 0 Å². The van der Waals surface area contributed by atoms with Gasteiger partial charge in [-0.3, -0.25) is 4.90 Å². The first kappa shape index (κ1) is 16.2. The maximum atomic E-state index is 5.61. The monoisotopic (exact) mass is 337 g/mol. The number of anilines is 1. The van der Waals surface area contributed by atoms with Crippen molar-refractivity contribution in [2.45, 2.75) is 20.0 Å². The summed E-state index contributed by atoms with van der Waals surface area (Å²) < 4.78 is 5.35. The number of furan rings is 1. The van der Waals surface area contributed by atoms with E-state index in [9.17, 15) is 0 Å². The van der Waals surface area contributed by atoms with Crippen LogP contribution in [0.2, 0.25) is 0 Å². The van der Waals surface area contributed by atoms with Gasteiger partial charge in [0.2, 0.25) is 0 Å². The highest BCUT2D eigenvalue weighted by Gasteiger charge is 2.14. The van der Waals surface area contributed by atoms with Crippen LogP contribution >= 0.6 is 12.2 Å². The van der Waals surface area contributed by atoms with Crippen molar-refractivity contribution < 1.29 is 4.42 Å². The molecule has 0 amide bonds. The molecule has 3 aromatic rings. The average Bonchev–Trinajstić information content (AvgIpc) is 3.12. The topological polar surface area (TPSA) is 41.3 Å². The zero-order chi connectivity index (χ0) is 16.8. The van der Waals surface area contributed by atoms with Gasteiger partial charge in [0, 0.05) is 6.20 Å². The third-order valence-electron chi connectivity index (χ3n) is 3.60. The van der Waals surface area contributed by atoms with Gasteiger partial charge in [0.1, 0.15) is 11.6 Å². The Morgan fingerprint density at radius 3 is 2.71 bits per heavy atom. The number of pyridine rings is 1. The lowest BCUT2D eigenvalue weighted by atomic mass is 10.2. The molecule has 0 atom stereocenters. The number of thiocarbonyl (C=S) groups is 1. The summed E-state index contributed by atoms with van der Waals surface area (Å²) >= 11 is 5.61. The predicted molar refractivity (Wildman–Crippen MR) is 99.7 cm³/mol. The molecule has 0 aliphatic carbocycles. The van der Waals surface area contributed by atoms with Gasteiger partial charge in [-0.2, -0.15) is 0 Å². The fourth-order valence-corrected chi connectivity index (χ4v) is 2.59. The number of hydrogen-bond acceptors (Lipinski definition) is 3. The molecule has 2 aromatic heterocycles. The third kappa shape index (κ3) is 4.20. The van der Waals surface area contributed by atoms with Crippen LogP contribution in [-0.4, -0.2) is 10.1 Å². The van der Waals surface area contributed by atoms with Crippen molar-refractivity contribution in [3.05, 3.63) is 83.9 Å². The van der Waals surface area contributed by atoms with Crippen LogP contribution < -0.4 is 10.2 Å². The molecule has 1 aromatic carbocycles. The molecule has 1 N–H and O–H groups in total. The molecule has 4 nitrogen and oxygen atoms in total. The fraction of sp³-hybridized carbons (Fsp3) is 0.158. The van der Waals surface area contributed by atoms with Crippen LogP contribution in [0.15, 0.2) is 71.5 Å². The lowest BCUT2D eigenvalue weighted by Crippen LogP contribution is -2.39. The van der Waals surface area contributed by atoms with E-state index >= 15 is 0 Å². The van der Waals surface area contributed by atoms with E-state index < -0.39 is 0 Å². The lowest BCUT2D eigenvalue weighted by molar-refractivity contribution is 0.503. The van der Waals surface area contributed by atoms with Crippen LogP contribution in [0.3, 0.4) is 0 Å². The second-order valence-corrected chi connectivity index (χ2v) is 5.89. The maximum Gasteiger partial charge on any atom is 0.175 e. The zero-order valence-electron chi connectivity index (χ0n) is 13.5. The van der Waals surface area contributed by atoms with E-state index in [0.29, 0.717) is 18.2 Å². The molecule has 24 heavy (non-hydrogen) atoms. The largest absolute Gasteiger partial charge is 0.467 e. The van der Waals surface area contributed by atoms with E-state index in [0.717, 1.165) is 17.1 Å². The highest BCUT2D eigenvalue weighted by molar-refractivity contribution is 7.80. The highest BCUT2D eigenvalue weighted by atomic mass is 32.1. The summed E-state index contributed by atoms with van der Waals surface area (Å²) in [4.78, 5) is 6.48. The highest BCUT2D eigenvalue weighted by Crippen LogP contribution is 2.16. The molecular formula is C19H19N3OS. The minimum Gasteiger partial charge on any atom is -0.467 e. The zero-order valence-corrected chi connectivity index (χ0v) is 14.3. The molecule has 3 rings (SSSR count). The first-order valence-corrected chi connectivity index (χ1v) is 8.17. The van der Waals surface area contributed by atoms with Crippen molar-refractivity contribution in [3.8, 4) is 0 Å². The van der Waals surface area contributed by atoms with Gasteiger partial charge in [-0.05, 0) is 54.5 Å². The van der Waals surface area contributed by atoms with Crippen LogP contribution in [0.4, 0.5) is 5.82 Å². The van der Waals surface area contributed by atoms with E-state index in [4.69, 9.17) is 16.6 Å². The Balaban J connectivity index is 1.79. The van der Waals surface area contributed by atoms with Gasteiger partial charge in [-0.25, -0.2) is 4.98 Å². The van der Waals surface area contributed by atoms with E-state index in [1.807, 2.05) is 54.3 Å². The minimum absolute atomic E-state index is 0.545. The van der Waals surface area contributed by atoms with Crippen LogP contribution in [0, 0.1) is 6.92 Å². The summed E-state index contributed by atoms with van der Waals surface area (Å²) in [6.07, 6.45) is 3.46. The summed E-state index contributed by atoms with van der Waals surface area (Å²) in [6.45, 7) is 3.25. The van der Waals surface area contributed by atoms with Crippen molar-refractivity contribution in [1.29, 1.82) is 0 Å². The van der Waals surface area contributed by atoms with Crippen LogP contribution in [0.25, 0.3) is 0 Å². The Bertz CT molecular complexity index is 787. The first-order valence-electron chi connectivity index (χ1n) is 7.77. The lowest BCUT2D eigenvalue weighted by Gasteiger charge is -2.25.